The molecule has 0 aliphatic carbocycles. The van der Waals surface area contributed by atoms with E-state index in [2.05, 4.69) is 9.97 Å². The highest BCUT2D eigenvalue weighted by molar-refractivity contribution is 6.20. The zero-order valence-electron chi connectivity index (χ0n) is 12.1. The van der Waals surface area contributed by atoms with Crippen molar-refractivity contribution in [2.24, 2.45) is 0 Å². The molecule has 0 aliphatic rings. The summed E-state index contributed by atoms with van der Waals surface area (Å²) in [6, 6.07) is 6.92. The Kier molecular flexibility index (Phi) is 3.41. The van der Waals surface area contributed by atoms with Crippen LogP contribution in [0.25, 0.3) is 16.9 Å². The number of para-hydroxylation sites is 1. The van der Waals surface area contributed by atoms with Gasteiger partial charge in [0.25, 0.3) is 0 Å². The Balaban J connectivity index is 2.42. The van der Waals surface area contributed by atoms with Gasteiger partial charge in [-0.1, -0.05) is 12.1 Å². The molecule has 108 valence electrons. The fourth-order valence-corrected chi connectivity index (χ4v) is 2.62. The van der Waals surface area contributed by atoms with Crippen LogP contribution in [0.1, 0.15) is 29.3 Å². The van der Waals surface area contributed by atoms with E-state index >= 15 is 0 Å². The molecule has 2 aromatic heterocycles. The second kappa shape index (κ2) is 5.11. The Labute approximate surface area is 127 Å². The van der Waals surface area contributed by atoms with Crippen LogP contribution in [0.4, 0.5) is 4.39 Å². The van der Waals surface area contributed by atoms with Gasteiger partial charge in [0.2, 0.25) is 0 Å². The highest BCUT2D eigenvalue weighted by Crippen LogP contribution is 2.30. The van der Waals surface area contributed by atoms with Crippen LogP contribution in [-0.2, 0) is 0 Å². The van der Waals surface area contributed by atoms with Crippen molar-refractivity contribution in [1.82, 2.24) is 14.5 Å². The molecule has 5 heteroatoms. The number of nitrogens with zero attached hydrogens (tertiary/aromatic N) is 3. The first-order valence-corrected chi connectivity index (χ1v) is 7.17. The molecule has 3 aromatic rings. The molecule has 0 spiro atoms. The van der Waals surface area contributed by atoms with Crippen LogP contribution < -0.4 is 0 Å². The van der Waals surface area contributed by atoms with Crippen molar-refractivity contribution in [1.29, 1.82) is 0 Å². The lowest BCUT2D eigenvalue weighted by Gasteiger charge is -2.13. The fourth-order valence-electron chi connectivity index (χ4n) is 2.48. The summed E-state index contributed by atoms with van der Waals surface area (Å²) in [5.41, 5.74) is 3.62. The average molecular weight is 304 g/mol. The van der Waals surface area contributed by atoms with Crippen molar-refractivity contribution < 1.29 is 4.39 Å². The van der Waals surface area contributed by atoms with Crippen molar-refractivity contribution in [2.45, 2.75) is 26.1 Å². The average Bonchev–Trinajstić information content (AvgIpc) is 2.77. The molecule has 1 atom stereocenters. The summed E-state index contributed by atoms with van der Waals surface area (Å²) >= 11 is 6.24. The summed E-state index contributed by atoms with van der Waals surface area (Å²) < 4.78 is 16.1. The van der Waals surface area contributed by atoms with E-state index in [1.54, 1.807) is 16.8 Å². The van der Waals surface area contributed by atoms with Crippen LogP contribution in [0.2, 0.25) is 0 Å². The summed E-state index contributed by atoms with van der Waals surface area (Å²) in [6.45, 7) is 5.63. The zero-order chi connectivity index (χ0) is 15.1. The van der Waals surface area contributed by atoms with Gasteiger partial charge in [-0.25, -0.2) is 14.4 Å². The lowest BCUT2D eigenvalue weighted by molar-refractivity contribution is 0.614. The van der Waals surface area contributed by atoms with Gasteiger partial charge in [0, 0.05) is 6.20 Å². The predicted molar refractivity (Wildman–Crippen MR) is 82.6 cm³/mol. The summed E-state index contributed by atoms with van der Waals surface area (Å²) in [6.07, 6.45) is 1.75. The van der Waals surface area contributed by atoms with Crippen molar-refractivity contribution in [3.05, 3.63) is 53.2 Å². The van der Waals surface area contributed by atoms with Crippen LogP contribution in [0, 0.1) is 19.7 Å². The Bertz CT molecular complexity index is 803. The summed E-state index contributed by atoms with van der Waals surface area (Å²) in [5.74, 6) is 0.285. The minimum absolute atomic E-state index is 0.310. The third-order valence-electron chi connectivity index (χ3n) is 3.43. The van der Waals surface area contributed by atoms with Gasteiger partial charge in [-0.3, -0.25) is 4.57 Å². The Hall–Kier alpha value is -1.94. The molecule has 0 radical (unpaired) electrons. The van der Waals surface area contributed by atoms with E-state index in [-0.39, 0.29) is 11.2 Å². The van der Waals surface area contributed by atoms with Gasteiger partial charge < -0.3 is 0 Å². The maximum absolute atomic E-state index is 14.3. The second-order valence-corrected chi connectivity index (χ2v) is 5.84. The van der Waals surface area contributed by atoms with Crippen molar-refractivity contribution in [3.8, 4) is 5.69 Å². The van der Waals surface area contributed by atoms with Crippen LogP contribution >= 0.6 is 11.6 Å². The molecular formula is C16H15ClFN3. The maximum Gasteiger partial charge on any atom is 0.164 e. The number of aromatic nitrogens is 3. The summed E-state index contributed by atoms with van der Waals surface area (Å²) in [4.78, 5) is 8.95. The minimum atomic E-state index is -0.349. The minimum Gasteiger partial charge on any atom is -0.276 e. The smallest absolute Gasteiger partial charge is 0.164 e. The van der Waals surface area contributed by atoms with Crippen molar-refractivity contribution in [3.63, 3.8) is 0 Å². The molecule has 0 fully saturated rings. The van der Waals surface area contributed by atoms with Crippen molar-refractivity contribution in [2.75, 3.05) is 0 Å². The van der Waals surface area contributed by atoms with Gasteiger partial charge in [0.1, 0.15) is 17.2 Å². The lowest BCUT2D eigenvalue weighted by atomic mass is 10.2. The van der Waals surface area contributed by atoms with Crippen LogP contribution in [0.15, 0.2) is 30.5 Å². The highest BCUT2D eigenvalue weighted by atomic mass is 35.5. The first-order valence-electron chi connectivity index (χ1n) is 6.73. The molecule has 3 rings (SSSR count). The number of rotatable bonds is 2. The third-order valence-corrected chi connectivity index (χ3v) is 3.62. The fraction of sp³-hybridized carbons (Fsp3) is 0.250. The molecule has 0 bridgehead atoms. The molecule has 0 N–H and O–H groups in total. The molecule has 0 aliphatic heterocycles. The van der Waals surface area contributed by atoms with Crippen LogP contribution in [0.5, 0.6) is 0 Å². The van der Waals surface area contributed by atoms with E-state index in [1.807, 2.05) is 32.9 Å². The number of alkyl halides is 1. The Morgan fingerprint density at radius 2 is 2.05 bits per heavy atom. The number of hydrogen-bond acceptors (Lipinski definition) is 2. The quantitative estimate of drug-likeness (QED) is 0.654. The molecule has 2 heterocycles. The molecule has 1 aromatic carbocycles. The molecule has 0 amide bonds. The number of imidazole rings is 1. The maximum atomic E-state index is 14.3. The Morgan fingerprint density at radius 3 is 2.71 bits per heavy atom. The van der Waals surface area contributed by atoms with Crippen LogP contribution in [0.3, 0.4) is 0 Å². The first-order chi connectivity index (χ1) is 9.99. The number of hydrogen-bond donors (Lipinski definition) is 0. The molecule has 0 saturated heterocycles. The third kappa shape index (κ3) is 2.29. The van der Waals surface area contributed by atoms with E-state index in [4.69, 9.17) is 11.6 Å². The zero-order valence-corrected chi connectivity index (χ0v) is 12.8. The van der Waals surface area contributed by atoms with Gasteiger partial charge in [-0.15, -0.1) is 11.6 Å². The molecular weight excluding hydrogens is 289 g/mol. The van der Waals surface area contributed by atoms with Gasteiger partial charge in [0.15, 0.2) is 5.65 Å². The summed E-state index contributed by atoms with van der Waals surface area (Å²) in [7, 11) is 0. The number of pyridine rings is 1. The highest BCUT2D eigenvalue weighted by Gasteiger charge is 2.20. The standard InChI is InChI=1S/C16H15ClFN3/c1-9-7-13-16(19-8-9)21(15(20-13)11(3)17)14-10(2)5-4-6-12(14)18/h4-8,11H,1-3H3. The molecule has 21 heavy (non-hydrogen) atoms. The first kappa shape index (κ1) is 14.0. The number of aryl methyl sites for hydroxylation is 2. The number of halogens is 2. The van der Waals surface area contributed by atoms with E-state index in [0.717, 1.165) is 16.6 Å². The molecule has 3 nitrogen and oxygen atoms in total. The number of fused-ring (bicyclic) bond motifs is 1. The van der Waals surface area contributed by atoms with Gasteiger partial charge in [-0.05, 0) is 44.0 Å². The number of benzene rings is 1. The van der Waals surface area contributed by atoms with Gasteiger partial charge >= 0.3 is 0 Å². The monoisotopic (exact) mass is 303 g/mol. The van der Waals surface area contributed by atoms with E-state index in [0.29, 0.717) is 17.2 Å². The molecule has 1 unspecified atom stereocenters. The summed E-state index contributed by atoms with van der Waals surface area (Å²) in [5, 5.41) is -0.349. The topological polar surface area (TPSA) is 30.7 Å². The lowest BCUT2D eigenvalue weighted by Crippen LogP contribution is -2.06. The molecule has 0 saturated carbocycles. The van der Waals surface area contributed by atoms with E-state index < -0.39 is 0 Å². The Morgan fingerprint density at radius 1 is 1.29 bits per heavy atom. The normalized spacial score (nSPS) is 12.8. The van der Waals surface area contributed by atoms with Crippen molar-refractivity contribution >= 4 is 22.8 Å². The van der Waals surface area contributed by atoms with E-state index in [1.165, 1.54) is 6.07 Å². The van der Waals surface area contributed by atoms with E-state index in [9.17, 15) is 4.39 Å². The van der Waals surface area contributed by atoms with Crippen LogP contribution in [-0.4, -0.2) is 14.5 Å². The largest absolute Gasteiger partial charge is 0.276 e. The van der Waals surface area contributed by atoms with Gasteiger partial charge in [0.05, 0.1) is 11.1 Å². The SMILES string of the molecule is Cc1cnc2c(c1)nc(C(C)Cl)n2-c1c(C)cccc1F. The van der Waals surface area contributed by atoms with Gasteiger partial charge in [-0.2, -0.15) is 0 Å². The predicted octanol–water partition coefficient (Wildman–Crippen LogP) is 4.48. The second-order valence-electron chi connectivity index (χ2n) is 5.18.